The molecule has 1 aliphatic rings. The van der Waals surface area contributed by atoms with Gasteiger partial charge in [0.2, 0.25) is 0 Å². The molecule has 0 saturated heterocycles. The van der Waals surface area contributed by atoms with Crippen molar-refractivity contribution in [1.29, 1.82) is 0 Å². The first-order valence-corrected chi connectivity index (χ1v) is 7.19. The number of hydrogen-bond donors (Lipinski definition) is 2. The van der Waals surface area contributed by atoms with E-state index in [-0.39, 0.29) is 12.5 Å². The highest BCUT2D eigenvalue weighted by molar-refractivity contribution is 5.77. The predicted octanol–water partition coefficient (Wildman–Crippen LogP) is 1.97. The van der Waals surface area contributed by atoms with Gasteiger partial charge in [0.05, 0.1) is 0 Å². The van der Waals surface area contributed by atoms with Gasteiger partial charge in [-0.2, -0.15) is 0 Å². The zero-order valence-corrected chi connectivity index (χ0v) is 11.9. The van der Waals surface area contributed by atoms with E-state index in [1.165, 1.54) is 11.1 Å². The second kappa shape index (κ2) is 7.70. The summed E-state index contributed by atoms with van der Waals surface area (Å²) in [7, 11) is 0. The number of amides is 1. The first-order valence-electron chi connectivity index (χ1n) is 7.19. The smallest absolute Gasteiger partial charge is 0.257 e. The molecule has 0 bridgehead atoms. The SMILES string of the molecule is CCCNC(=O)COc1ccc(C2=CCNCC2)cc1. The van der Waals surface area contributed by atoms with Crippen molar-refractivity contribution in [2.24, 2.45) is 0 Å². The van der Waals surface area contributed by atoms with Crippen LogP contribution in [0.1, 0.15) is 25.3 Å². The van der Waals surface area contributed by atoms with E-state index in [9.17, 15) is 4.79 Å². The second-order valence-electron chi connectivity index (χ2n) is 4.85. The molecule has 2 N–H and O–H groups in total. The number of ether oxygens (including phenoxy) is 1. The summed E-state index contributed by atoms with van der Waals surface area (Å²) in [6.45, 7) is 4.76. The maximum absolute atomic E-state index is 11.4. The number of carbonyl (C=O) groups is 1. The van der Waals surface area contributed by atoms with Crippen molar-refractivity contribution in [3.05, 3.63) is 35.9 Å². The van der Waals surface area contributed by atoms with Gasteiger partial charge in [0.25, 0.3) is 5.91 Å². The molecule has 0 unspecified atom stereocenters. The number of benzene rings is 1. The van der Waals surface area contributed by atoms with Crippen molar-refractivity contribution in [2.45, 2.75) is 19.8 Å². The standard InChI is InChI=1S/C16H22N2O2/c1-2-9-18-16(19)12-20-15-5-3-13(4-6-15)14-7-10-17-11-8-14/h3-7,17H,2,8-12H2,1H3,(H,18,19). The van der Waals surface area contributed by atoms with E-state index in [1.54, 1.807) is 0 Å². The molecule has 20 heavy (non-hydrogen) atoms. The highest BCUT2D eigenvalue weighted by atomic mass is 16.5. The molecule has 4 heteroatoms. The van der Waals surface area contributed by atoms with Gasteiger partial charge >= 0.3 is 0 Å². The highest BCUT2D eigenvalue weighted by Gasteiger charge is 2.06. The average molecular weight is 274 g/mol. The van der Waals surface area contributed by atoms with Crippen LogP contribution in [-0.4, -0.2) is 32.1 Å². The van der Waals surface area contributed by atoms with Crippen molar-refractivity contribution >= 4 is 11.5 Å². The molecule has 0 aromatic heterocycles. The van der Waals surface area contributed by atoms with Gasteiger partial charge < -0.3 is 15.4 Å². The highest BCUT2D eigenvalue weighted by Crippen LogP contribution is 2.22. The minimum Gasteiger partial charge on any atom is -0.484 e. The summed E-state index contributed by atoms with van der Waals surface area (Å²) in [5.41, 5.74) is 2.60. The molecule has 0 atom stereocenters. The van der Waals surface area contributed by atoms with Gasteiger partial charge in [0.15, 0.2) is 6.61 Å². The van der Waals surface area contributed by atoms with Crippen LogP contribution >= 0.6 is 0 Å². The van der Waals surface area contributed by atoms with Gasteiger partial charge in [-0.1, -0.05) is 25.1 Å². The molecule has 108 valence electrons. The zero-order valence-electron chi connectivity index (χ0n) is 11.9. The minimum absolute atomic E-state index is 0.0722. The molecule has 0 saturated carbocycles. The van der Waals surface area contributed by atoms with Crippen LogP contribution in [0.4, 0.5) is 0 Å². The second-order valence-corrected chi connectivity index (χ2v) is 4.85. The van der Waals surface area contributed by atoms with Gasteiger partial charge in [-0.25, -0.2) is 0 Å². The van der Waals surface area contributed by atoms with Crippen LogP contribution in [0.25, 0.3) is 5.57 Å². The number of rotatable bonds is 6. The fourth-order valence-corrected chi connectivity index (χ4v) is 2.11. The maximum Gasteiger partial charge on any atom is 0.257 e. The Morgan fingerprint density at radius 3 is 2.80 bits per heavy atom. The maximum atomic E-state index is 11.4. The molecule has 1 aliphatic heterocycles. The molecule has 1 aromatic carbocycles. The third-order valence-corrected chi connectivity index (χ3v) is 3.23. The molecule has 0 aliphatic carbocycles. The molecule has 1 amide bonds. The zero-order chi connectivity index (χ0) is 14.2. The number of hydrogen-bond acceptors (Lipinski definition) is 3. The summed E-state index contributed by atoms with van der Waals surface area (Å²) < 4.78 is 5.46. The normalized spacial score (nSPS) is 14.6. The van der Waals surface area contributed by atoms with E-state index < -0.39 is 0 Å². The van der Waals surface area contributed by atoms with Crippen LogP contribution in [0.5, 0.6) is 5.75 Å². The van der Waals surface area contributed by atoms with Gasteiger partial charge in [-0.15, -0.1) is 0 Å². The van der Waals surface area contributed by atoms with Crippen molar-refractivity contribution in [3.8, 4) is 5.75 Å². The average Bonchev–Trinajstić information content (AvgIpc) is 2.52. The molecule has 0 radical (unpaired) electrons. The van der Waals surface area contributed by atoms with Crippen LogP contribution in [0, 0.1) is 0 Å². The predicted molar refractivity (Wildman–Crippen MR) is 80.7 cm³/mol. The summed E-state index contributed by atoms with van der Waals surface area (Å²) in [5.74, 6) is 0.659. The van der Waals surface area contributed by atoms with E-state index in [4.69, 9.17) is 4.74 Å². The summed E-state index contributed by atoms with van der Waals surface area (Å²) in [6, 6.07) is 7.95. The fourth-order valence-electron chi connectivity index (χ4n) is 2.11. The lowest BCUT2D eigenvalue weighted by Gasteiger charge is -2.14. The van der Waals surface area contributed by atoms with E-state index in [2.05, 4.69) is 28.8 Å². The summed E-state index contributed by atoms with van der Waals surface area (Å²) in [6.07, 6.45) is 4.21. The first-order chi connectivity index (χ1) is 9.79. The Labute approximate surface area is 120 Å². The molecular formula is C16H22N2O2. The molecule has 2 rings (SSSR count). The Morgan fingerprint density at radius 2 is 2.15 bits per heavy atom. The largest absolute Gasteiger partial charge is 0.484 e. The van der Waals surface area contributed by atoms with Crippen LogP contribution in [-0.2, 0) is 4.79 Å². The van der Waals surface area contributed by atoms with Crippen LogP contribution < -0.4 is 15.4 Å². The van der Waals surface area contributed by atoms with E-state index in [1.807, 2.05) is 19.1 Å². The first kappa shape index (κ1) is 14.6. The lowest BCUT2D eigenvalue weighted by atomic mass is 10.0. The van der Waals surface area contributed by atoms with Crippen molar-refractivity contribution < 1.29 is 9.53 Å². The Balaban J connectivity index is 1.85. The topological polar surface area (TPSA) is 50.4 Å². The van der Waals surface area contributed by atoms with Gasteiger partial charge in [0.1, 0.15) is 5.75 Å². The van der Waals surface area contributed by atoms with E-state index in [0.717, 1.165) is 31.7 Å². The Kier molecular flexibility index (Phi) is 5.62. The Bertz CT molecular complexity index is 466. The third kappa shape index (κ3) is 4.38. The lowest BCUT2D eigenvalue weighted by Crippen LogP contribution is -2.29. The molecular weight excluding hydrogens is 252 g/mol. The van der Waals surface area contributed by atoms with Gasteiger partial charge in [0, 0.05) is 13.1 Å². The van der Waals surface area contributed by atoms with Crippen molar-refractivity contribution in [2.75, 3.05) is 26.2 Å². The minimum atomic E-state index is -0.0722. The summed E-state index contributed by atoms with van der Waals surface area (Å²) in [4.78, 5) is 11.4. The van der Waals surface area contributed by atoms with Gasteiger partial charge in [-0.05, 0) is 42.7 Å². The third-order valence-electron chi connectivity index (χ3n) is 3.23. The van der Waals surface area contributed by atoms with Gasteiger partial charge in [-0.3, -0.25) is 4.79 Å². The van der Waals surface area contributed by atoms with E-state index in [0.29, 0.717) is 6.54 Å². The molecule has 1 heterocycles. The van der Waals surface area contributed by atoms with Crippen LogP contribution in [0.2, 0.25) is 0 Å². The van der Waals surface area contributed by atoms with Crippen molar-refractivity contribution in [3.63, 3.8) is 0 Å². The van der Waals surface area contributed by atoms with Crippen LogP contribution in [0.3, 0.4) is 0 Å². The molecule has 0 spiro atoms. The quantitative estimate of drug-likeness (QED) is 0.834. The Hall–Kier alpha value is -1.81. The summed E-state index contributed by atoms with van der Waals surface area (Å²) >= 11 is 0. The lowest BCUT2D eigenvalue weighted by molar-refractivity contribution is -0.123. The number of carbonyl (C=O) groups excluding carboxylic acids is 1. The van der Waals surface area contributed by atoms with Crippen LogP contribution in [0.15, 0.2) is 30.3 Å². The Morgan fingerprint density at radius 1 is 1.35 bits per heavy atom. The summed E-state index contributed by atoms with van der Waals surface area (Å²) in [5, 5.41) is 6.09. The van der Waals surface area contributed by atoms with Crippen molar-refractivity contribution in [1.82, 2.24) is 10.6 Å². The molecule has 0 fully saturated rings. The monoisotopic (exact) mass is 274 g/mol. The number of nitrogens with one attached hydrogen (secondary N) is 2. The molecule has 1 aromatic rings. The fraction of sp³-hybridized carbons (Fsp3) is 0.438. The van der Waals surface area contributed by atoms with E-state index >= 15 is 0 Å². The molecule has 4 nitrogen and oxygen atoms in total.